The summed E-state index contributed by atoms with van der Waals surface area (Å²) >= 11 is 6.00. The molecular formula is C14H22ClNO. The smallest absolute Gasteiger partial charge is 0.137 e. The number of para-hydroxylation sites is 1. The van der Waals surface area contributed by atoms with Crippen molar-refractivity contribution in [2.45, 2.75) is 26.2 Å². The van der Waals surface area contributed by atoms with Gasteiger partial charge in [0.1, 0.15) is 5.75 Å². The van der Waals surface area contributed by atoms with Gasteiger partial charge in [-0.1, -0.05) is 37.1 Å². The lowest BCUT2D eigenvalue weighted by molar-refractivity contribution is 0.261. The van der Waals surface area contributed by atoms with Crippen LogP contribution >= 0.6 is 11.6 Å². The maximum absolute atomic E-state index is 6.00. The highest BCUT2D eigenvalue weighted by atomic mass is 35.5. The minimum Gasteiger partial charge on any atom is -0.492 e. The summed E-state index contributed by atoms with van der Waals surface area (Å²) < 4.78 is 5.63. The Labute approximate surface area is 110 Å². The van der Waals surface area contributed by atoms with Crippen LogP contribution in [0.3, 0.4) is 0 Å². The zero-order valence-corrected chi connectivity index (χ0v) is 11.5. The second-order valence-electron chi connectivity index (χ2n) is 4.29. The van der Waals surface area contributed by atoms with Crippen molar-refractivity contribution in [2.75, 3.05) is 26.7 Å². The first-order valence-electron chi connectivity index (χ1n) is 6.30. The summed E-state index contributed by atoms with van der Waals surface area (Å²) in [7, 11) is 2.16. The van der Waals surface area contributed by atoms with E-state index in [1.165, 1.54) is 19.4 Å². The second-order valence-corrected chi connectivity index (χ2v) is 4.70. The van der Waals surface area contributed by atoms with Crippen LogP contribution in [0.1, 0.15) is 26.2 Å². The largest absolute Gasteiger partial charge is 0.492 e. The van der Waals surface area contributed by atoms with E-state index in [-0.39, 0.29) is 0 Å². The van der Waals surface area contributed by atoms with E-state index in [9.17, 15) is 0 Å². The minimum atomic E-state index is 0.687. The summed E-state index contributed by atoms with van der Waals surface area (Å²) in [6, 6.07) is 7.61. The Balaban J connectivity index is 2.14. The van der Waals surface area contributed by atoms with Gasteiger partial charge in [0.2, 0.25) is 0 Å². The molecule has 1 aromatic rings. The summed E-state index contributed by atoms with van der Waals surface area (Å²) in [4.78, 5) is 2.35. The maximum Gasteiger partial charge on any atom is 0.137 e. The van der Waals surface area contributed by atoms with Crippen LogP contribution in [0.15, 0.2) is 24.3 Å². The number of benzene rings is 1. The van der Waals surface area contributed by atoms with E-state index in [0.717, 1.165) is 25.3 Å². The number of hydrogen-bond acceptors (Lipinski definition) is 2. The van der Waals surface area contributed by atoms with Crippen LogP contribution in [0, 0.1) is 0 Å². The van der Waals surface area contributed by atoms with Gasteiger partial charge in [0.15, 0.2) is 0 Å². The molecule has 0 radical (unpaired) electrons. The third-order valence-electron chi connectivity index (χ3n) is 2.67. The maximum atomic E-state index is 6.00. The van der Waals surface area contributed by atoms with E-state index in [1.54, 1.807) is 0 Å². The number of nitrogens with zero attached hydrogens (tertiary/aromatic N) is 1. The first-order valence-corrected chi connectivity index (χ1v) is 6.67. The molecule has 2 nitrogen and oxygen atoms in total. The predicted molar refractivity (Wildman–Crippen MR) is 74.0 cm³/mol. The minimum absolute atomic E-state index is 0.687. The molecule has 96 valence electrons. The van der Waals surface area contributed by atoms with Crippen molar-refractivity contribution in [2.24, 2.45) is 0 Å². The molecule has 0 bridgehead atoms. The van der Waals surface area contributed by atoms with Crippen molar-refractivity contribution in [1.82, 2.24) is 4.90 Å². The summed E-state index contributed by atoms with van der Waals surface area (Å²) in [5.41, 5.74) is 0. The van der Waals surface area contributed by atoms with Gasteiger partial charge in [-0.2, -0.15) is 0 Å². The van der Waals surface area contributed by atoms with E-state index in [1.807, 2.05) is 24.3 Å². The molecule has 1 aromatic carbocycles. The summed E-state index contributed by atoms with van der Waals surface area (Å²) in [6.45, 7) is 5.18. The topological polar surface area (TPSA) is 12.5 Å². The molecule has 0 N–H and O–H groups in total. The summed E-state index contributed by atoms with van der Waals surface area (Å²) in [6.07, 6.45) is 3.55. The highest BCUT2D eigenvalue weighted by Gasteiger charge is 2.00. The zero-order chi connectivity index (χ0) is 12.5. The highest BCUT2D eigenvalue weighted by molar-refractivity contribution is 6.32. The molecule has 3 heteroatoms. The fraction of sp³-hybridized carbons (Fsp3) is 0.571. The van der Waals surface area contributed by atoms with E-state index in [4.69, 9.17) is 16.3 Å². The number of halogens is 1. The lowest BCUT2D eigenvalue weighted by Gasteiger charge is -2.16. The number of hydrogen-bond donors (Lipinski definition) is 0. The van der Waals surface area contributed by atoms with Crippen molar-refractivity contribution in [3.63, 3.8) is 0 Å². The molecule has 0 aliphatic carbocycles. The van der Waals surface area contributed by atoms with Gasteiger partial charge in [0.05, 0.1) is 11.6 Å². The first-order chi connectivity index (χ1) is 8.24. The third kappa shape index (κ3) is 5.94. The molecule has 1 rings (SSSR count). The molecule has 17 heavy (non-hydrogen) atoms. The SMILES string of the molecule is CCCCN(C)CCCOc1ccccc1Cl. The zero-order valence-electron chi connectivity index (χ0n) is 10.8. The van der Waals surface area contributed by atoms with Crippen LogP contribution in [0.5, 0.6) is 5.75 Å². The molecule has 0 saturated heterocycles. The van der Waals surface area contributed by atoms with Crippen molar-refractivity contribution in [3.8, 4) is 5.75 Å². The van der Waals surface area contributed by atoms with Crippen LogP contribution in [-0.4, -0.2) is 31.6 Å². The Bertz CT molecular complexity index is 317. The molecule has 0 fully saturated rings. The van der Waals surface area contributed by atoms with Crippen LogP contribution in [0.2, 0.25) is 5.02 Å². The monoisotopic (exact) mass is 255 g/mol. The van der Waals surface area contributed by atoms with Gasteiger partial charge in [0.25, 0.3) is 0 Å². The highest BCUT2D eigenvalue weighted by Crippen LogP contribution is 2.22. The standard InChI is InChI=1S/C14H22ClNO/c1-3-4-10-16(2)11-7-12-17-14-9-6-5-8-13(14)15/h5-6,8-9H,3-4,7,10-12H2,1-2H3. The van der Waals surface area contributed by atoms with E-state index < -0.39 is 0 Å². The molecule has 0 heterocycles. The van der Waals surface area contributed by atoms with Crippen molar-refractivity contribution >= 4 is 11.6 Å². The lowest BCUT2D eigenvalue weighted by Crippen LogP contribution is -2.22. The van der Waals surface area contributed by atoms with Crippen LogP contribution in [0.25, 0.3) is 0 Å². The van der Waals surface area contributed by atoms with Crippen molar-refractivity contribution < 1.29 is 4.74 Å². The second kappa shape index (κ2) is 8.37. The molecule has 0 aliphatic rings. The van der Waals surface area contributed by atoms with Crippen molar-refractivity contribution in [3.05, 3.63) is 29.3 Å². The molecule has 0 unspecified atom stereocenters. The predicted octanol–water partition coefficient (Wildman–Crippen LogP) is 3.84. The van der Waals surface area contributed by atoms with Gasteiger partial charge in [-0.3, -0.25) is 0 Å². The van der Waals surface area contributed by atoms with Gasteiger partial charge in [-0.25, -0.2) is 0 Å². The molecule has 0 aromatic heterocycles. The molecule has 0 spiro atoms. The Morgan fingerprint density at radius 1 is 1.18 bits per heavy atom. The Hall–Kier alpha value is -0.730. The third-order valence-corrected chi connectivity index (χ3v) is 2.98. The fourth-order valence-corrected chi connectivity index (χ4v) is 1.81. The number of unbranched alkanes of at least 4 members (excludes halogenated alkanes) is 1. The quantitative estimate of drug-likeness (QED) is 0.655. The van der Waals surface area contributed by atoms with Gasteiger partial charge < -0.3 is 9.64 Å². The van der Waals surface area contributed by atoms with Gasteiger partial charge in [0, 0.05) is 6.54 Å². The van der Waals surface area contributed by atoms with Crippen LogP contribution < -0.4 is 4.74 Å². The summed E-state index contributed by atoms with van der Waals surface area (Å²) in [5.74, 6) is 0.783. The summed E-state index contributed by atoms with van der Waals surface area (Å²) in [5, 5.41) is 0.687. The van der Waals surface area contributed by atoms with Crippen molar-refractivity contribution in [1.29, 1.82) is 0 Å². The number of ether oxygens (including phenoxy) is 1. The van der Waals surface area contributed by atoms with Crippen LogP contribution in [0.4, 0.5) is 0 Å². The average Bonchev–Trinajstić information content (AvgIpc) is 2.34. The Kier molecular flexibility index (Phi) is 7.06. The van der Waals surface area contributed by atoms with E-state index in [0.29, 0.717) is 5.02 Å². The Morgan fingerprint density at radius 2 is 1.88 bits per heavy atom. The fourth-order valence-electron chi connectivity index (χ4n) is 1.62. The van der Waals surface area contributed by atoms with Crippen LogP contribution in [-0.2, 0) is 0 Å². The molecule has 0 aliphatic heterocycles. The molecule has 0 amide bonds. The van der Waals surface area contributed by atoms with Gasteiger partial charge in [-0.05, 0) is 38.6 Å². The van der Waals surface area contributed by atoms with E-state index >= 15 is 0 Å². The Morgan fingerprint density at radius 3 is 2.59 bits per heavy atom. The molecule has 0 saturated carbocycles. The first kappa shape index (κ1) is 14.3. The molecule has 0 atom stereocenters. The van der Waals surface area contributed by atoms with E-state index in [2.05, 4.69) is 18.9 Å². The lowest BCUT2D eigenvalue weighted by atomic mass is 10.3. The normalized spacial score (nSPS) is 10.8. The molecular weight excluding hydrogens is 234 g/mol. The van der Waals surface area contributed by atoms with Gasteiger partial charge >= 0.3 is 0 Å². The number of rotatable bonds is 8. The average molecular weight is 256 g/mol. The van der Waals surface area contributed by atoms with Gasteiger partial charge in [-0.15, -0.1) is 0 Å².